The van der Waals surface area contributed by atoms with Crippen molar-refractivity contribution in [3.63, 3.8) is 0 Å². The van der Waals surface area contributed by atoms with Gasteiger partial charge in [-0.05, 0) is 35.4 Å². The van der Waals surface area contributed by atoms with Crippen LogP contribution in [-0.2, 0) is 30.8 Å². The third-order valence-corrected chi connectivity index (χ3v) is 8.55. The van der Waals surface area contributed by atoms with Gasteiger partial charge in [0.1, 0.15) is 0 Å². The molecule has 0 bridgehead atoms. The van der Waals surface area contributed by atoms with Crippen molar-refractivity contribution in [2.75, 3.05) is 37.6 Å². The summed E-state index contributed by atoms with van der Waals surface area (Å²) in [6, 6.07) is 23.2. The van der Waals surface area contributed by atoms with Crippen LogP contribution in [0.1, 0.15) is 36.0 Å². The van der Waals surface area contributed by atoms with Crippen molar-refractivity contribution in [2.45, 2.75) is 36.9 Å². The molecule has 3 aromatic rings. The minimum absolute atomic E-state index is 0.00682. The van der Waals surface area contributed by atoms with E-state index < -0.39 is 16.3 Å². The summed E-state index contributed by atoms with van der Waals surface area (Å²) in [7, 11) is -3.68. The first-order valence-electron chi connectivity index (χ1n) is 12.9. The van der Waals surface area contributed by atoms with Gasteiger partial charge in [-0.15, -0.1) is 0 Å². The second-order valence-electron chi connectivity index (χ2n) is 9.78. The van der Waals surface area contributed by atoms with Crippen LogP contribution >= 0.6 is 0 Å². The highest BCUT2D eigenvalue weighted by molar-refractivity contribution is 7.92. The van der Waals surface area contributed by atoms with Crippen LogP contribution < -0.4 is 4.72 Å². The highest BCUT2D eigenvalue weighted by Crippen LogP contribution is 2.42. The highest BCUT2D eigenvalue weighted by Gasteiger charge is 2.39. The molecule has 0 aliphatic carbocycles. The van der Waals surface area contributed by atoms with Crippen molar-refractivity contribution in [1.29, 1.82) is 0 Å². The summed E-state index contributed by atoms with van der Waals surface area (Å²) < 4.78 is 46.6. The quantitative estimate of drug-likeness (QED) is 0.446. The zero-order valence-corrected chi connectivity index (χ0v) is 22.2. The number of rotatable bonds is 8. The first-order chi connectivity index (χ1) is 18.4. The Bertz CT molecular complexity index is 1280. The van der Waals surface area contributed by atoms with Crippen molar-refractivity contribution in [3.05, 3.63) is 95.6 Å². The fraction of sp³-hybridized carbons (Fsp3) is 0.379. The molecular weight excluding hydrogens is 504 g/mol. The Morgan fingerprint density at radius 1 is 0.895 bits per heavy atom. The molecule has 8 nitrogen and oxygen atoms in total. The maximum absolute atomic E-state index is 12.7. The molecule has 202 valence electrons. The zero-order chi connectivity index (χ0) is 26.5. The van der Waals surface area contributed by atoms with Crippen LogP contribution in [0.4, 0.5) is 5.69 Å². The number of hydrogen-bond acceptors (Lipinski definition) is 7. The van der Waals surface area contributed by atoms with Crippen LogP contribution in [0.5, 0.6) is 0 Å². The molecule has 2 aliphatic rings. The Morgan fingerprint density at radius 3 is 2.21 bits per heavy atom. The number of hydrogen-bond donors (Lipinski definition) is 2. The van der Waals surface area contributed by atoms with Crippen LogP contribution in [0.15, 0.2) is 83.8 Å². The van der Waals surface area contributed by atoms with E-state index >= 15 is 0 Å². The lowest BCUT2D eigenvalue weighted by atomic mass is 9.90. The summed E-state index contributed by atoms with van der Waals surface area (Å²) in [6.07, 6.45) is -0.894. The van der Waals surface area contributed by atoms with Crippen molar-refractivity contribution in [2.24, 2.45) is 5.92 Å². The van der Waals surface area contributed by atoms with Gasteiger partial charge in [-0.1, -0.05) is 61.5 Å². The lowest BCUT2D eigenvalue weighted by Crippen LogP contribution is -2.47. The molecule has 2 heterocycles. The molecule has 3 aromatic carbocycles. The van der Waals surface area contributed by atoms with Gasteiger partial charge in [0.2, 0.25) is 0 Å². The minimum Gasteiger partial charge on any atom is -0.392 e. The number of aliphatic hydroxyl groups excluding tert-OH is 1. The molecule has 2 aliphatic heterocycles. The van der Waals surface area contributed by atoms with Gasteiger partial charge in [-0.25, -0.2) is 8.42 Å². The summed E-state index contributed by atoms with van der Waals surface area (Å²) in [5, 5.41) is 9.45. The van der Waals surface area contributed by atoms with E-state index in [-0.39, 0.29) is 29.6 Å². The first kappa shape index (κ1) is 26.8. The molecule has 0 unspecified atom stereocenters. The largest absolute Gasteiger partial charge is 0.392 e. The maximum Gasteiger partial charge on any atom is 0.261 e. The van der Waals surface area contributed by atoms with Crippen molar-refractivity contribution in [1.82, 2.24) is 4.90 Å². The monoisotopic (exact) mass is 538 g/mol. The SMILES string of the molecule is C[C@H]1[C@@H](CN2CCOCC2)O[C@@H](c2ccc(NS(=O)(=O)c3ccccc3)cc2)O[C@H]1c1ccc(CO)cc1. The predicted molar refractivity (Wildman–Crippen MR) is 144 cm³/mol. The summed E-state index contributed by atoms with van der Waals surface area (Å²) in [4.78, 5) is 2.57. The fourth-order valence-electron chi connectivity index (χ4n) is 4.89. The van der Waals surface area contributed by atoms with E-state index in [2.05, 4.69) is 16.5 Å². The molecule has 0 radical (unpaired) electrons. The Balaban J connectivity index is 1.36. The van der Waals surface area contributed by atoms with Gasteiger partial charge in [0.25, 0.3) is 10.0 Å². The molecule has 2 N–H and O–H groups in total. The number of nitrogens with one attached hydrogen (secondary N) is 1. The molecule has 38 heavy (non-hydrogen) atoms. The summed E-state index contributed by atoms with van der Waals surface area (Å²) >= 11 is 0. The number of nitrogens with zero attached hydrogens (tertiary/aromatic N) is 1. The van der Waals surface area contributed by atoms with Gasteiger partial charge in [-0.2, -0.15) is 0 Å². The molecule has 2 saturated heterocycles. The van der Waals surface area contributed by atoms with Gasteiger partial charge >= 0.3 is 0 Å². The van der Waals surface area contributed by atoms with Crippen molar-refractivity contribution < 1.29 is 27.7 Å². The van der Waals surface area contributed by atoms with Crippen LogP contribution in [0.3, 0.4) is 0 Å². The number of benzene rings is 3. The summed E-state index contributed by atoms with van der Waals surface area (Å²) in [5.74, 6) is 0.0889. The van der Waals surface area contributed by atoms with E-state index in [1.54, 1.807) is 42.5 Å². The molecule has 0 amide bonds. The van der Waals surface area contributed by atoms with Gasteiger partial charge in [0.15, 0.2) is 6.29 Å². The first-order valence-corrected chi connectivity index (χ1v) is 14.4. The minimum atomic E-state index is -3.68. The van der Waals surface area contributed by atoms with Gasteiger partial charge in [0, 0.05) is 36.8 Å². The normalized spacial score (nSPS) is 24.7. The molecule has 0 aromatic heterocycles. The second kappa shape index (κ2) is 11.9. The number of aliphatic hydroxyl groups is 1. The van der Waals surface area contributed by atoms with Gasteiger partial charge in [-0.3, -0.25) is 9.62 Å². The van der Waals surface area contributed by atoms with Crippen molar-refractivity contribution in [3.8, 4) is 0 Å². The number of sulfonamides is 1. The molecule has 5 rings (SSSR count). The van der Waals surface area contributed by atoms with E-state index in [1.807, 2.05) is 36.4 Å². The molecule has 0 spiro atoms. The number of morpholine rings is 1. The maximum atomic E-state index is 12.7. The lowest BCUT2D eigenvalue weighted by molar-refractivity contribution is -0.277. The van der Waals surface area contributed by atoms with Crippen LogP contribution in [-0.4, -0.2) is 57.4 Å². The fourth-order valence-corrected chi connectivity index (χ4v) is 5.97. The molecular formula is C29H34N2O6S. The topological polar surface area (TPSA) is 97.3 Å². The van der Waals surface area contributed by atoms with Gasteiger partial charge in [0.05, 0.1) is 36.9 Å². The predicted octanol–water partition coefficient (Wildman–Crippen LogP) is 4.10. The van der Waals surface area contributed by atoms with E-state index in [1.165, 1.54) is 0 Å². The average Bonchev–Trinajstić information content (AvgIpc) is 2.95. The summed E-state index contributed by atoms with van der Waals surface area (Å²) in [6.45, 7) is 6.07. The standard InChI is InChI=1S/C29H34N2O6S/c1-21-27(19-31-15-17-35-18-16-31)36-29(37-28(21)23-9-7-22(20-32)8-10-23)24-11-13-25(14-12-24)30-38(33,34)26-5-3-2-4-6-26/h2-14,21,27-30,32H,15-20H2,1H3/t21-,27+,28+,29+/m0/s1. The zero-order valence-electron chi connectivity index (χ0n) is 21.4. The average molecular weight is 539 g/mol. The van der Waals surface area contributed by atoms with E-state index in [4.69, 9.17) is 14.2 Å². The highest BCUT2D eigenvalue weighted by atomic mass is 32.2. The second-order valence-corrected chi connectivity index (χ2v) is 11.5. The van der Waals surface area contributed by atoms with Crippen molar-refractivity contribution >= 4 is 15.7 Å². The molecule has 9 heteroatoms. The Hall–Kier alpha value is -2.79. The van der Waals surface area contributed by atoms with E-state index in [0.29, 0.717) is 18.9 Å². The van der Waals surface area contributed by atoms with Crippen LogP contribution in [0.2, 0.25) is 0 Å². The molecule has 0 saturated carbocycles. The Morgan fingerprint density at radius 2 is 1.55 bits per heavy atom. The lowest BCUT2D eigenvalue weighted by Gasteiger charge is -2.43. The van der Waals surface area contributed by atoms with Gasteiger partial charge < -0.3 is 19.3 Å². The van der Waals surface area contributed by atoms with E-state index in [0.717, 1.165) is 36.3 Å². The third kappa shape index (κ3) is 6.26. The van der Waals surface area contributed by atoms with E-state index in [9.17, 15) is 13.5 Å². The number of ether oxygens (including phenoxy) is 3. The van der Waals surface area contributed by atoms with Crippen LogP contribution in [0, 0.1) is 5.92 Å². The smallest absolute Gasteiger partial charge is 0.261 e. The molecule has 4 atom stereocenters. The molecule has 2 fully saturated rings. The Kier molecular flexibility index (Phi) is 8.42. The number of anilines is 1. The van der Waals surface area contributed by atoms with Crippen LogP contribution in [0.25, 0.3) is 0 Å². The third-order valence-electron chi connectivity index (χ3n) is 7.15. The summed E-state index contributed by atoms with van der Waals surface area (Å²) in [5.41, 5.74) is 3.15. The Labute approximate surface area is 224 Å².